The molecule has 0 aliphatic heterocycles. The van der Waals surface area contributed by atoms with E-state index in [9.17, 15) is 4.79 Å². The molecule has 2 rings (SSSR count). The molecule has 2 aromatic rings. The van der Waals surface area contributed by atoms with E-state index in [-0.39, 0.29) is 5.69 Å². The van der Waals surface area contributed by atoms with Crippen LogP contribution in [0.4, 0.5) is 0 Å². The summed E-state index contributed by atoms with van der Waals surface area (Å²) in [5.41, 5.74) is 1.84. The van der Waals surface area contributed by atoms with Crippen molar-refractivity contribution in [2.75, 3.05) is 7.11 Å². The smallest absolute Gasteiger partial charge is 0.358 e. The van der Waals surface area contributed by atoms with Gasteiger partial charge in [0.25, 0.3) is 0 Å². The molecular formula is C11H9ClN2O2. The first kappa shape index (κ1) is 10.7. The third-order valence-corrected chi connectivity index (χ3v) is 2.34. The Morgan fingerprint density at radius 3 is 2.94 bits per heavy atom. The Bertz CT molecular complexity index is 522. The van der Waals surface area contributed by atoms with Gasteiger partial charge in [0.2, 0.25) is 0 Å². The topological polar surface area (TPSA) is 55.0 Å². The van der Waals surface area contributed by atoms with Crippen molar-refractivity contribution in [3.8, 4) is 11.3 Å². The Kier molecular flexibility index (Phi) is 2.92. The Hall–Kier alpha value is -1.81. The lowest BCUT2D eigenvalue weighted by atomic mass is 10.1. The fourth-order valence-electron chi connectivity index (χ4n) is 1.33. The maximum absolute atomic E-state index is 11.2. The zero-order chi connectivity index (χ0) is 11.5. The molecule has 0 spiro atoms. The van der Waals surface area contributed by atoms with E-state index in [1.165, 1.54) is 7.11 Å². The number of esters is 1. The summed E-state index contributed by atoms with van der Waals surface area (Å²) in [7, 11) is 1.32. The number of halogens is 1. The minimum Gasteiger partial charge on any atom is -0.464 e. The molecule has 0 saturated carbocycles. The number of hydrogen-bond donors (Lipinski definition) is 1. The highest BCUT2D eigenvalue weighted by atomic mass is 35.5. The number of aromatic amines is 1. The number of rotatable bonds is 2. The molecule has 0 atom stereocenters. The second-order valence-electron chi connectivity index (χ2n) is 3.17. The first-order chi connectivity index (χ1) is 7.70. The SMILES string of the molecule is COC(=O)c1cc(-c2cccc(Cl)c2)[nH]n1. The van der Waals surface area contributed by atoms with E-state index >= 15 is 0 Å². The normalized spacial score (nSPS) is 10.1. The van der Waals surface area contributed by atoms with Gasteiger partial charge in [0.05, 0.1) is 12.8 Å². The van der Waals surface area contributed by atoms with Crippen LogP contribution in [0.1, 0.15) is 10.5 Å². The van der Waals surface area contributed by atoms with Crippen molar-refractivity contribution in [1.82, 2.24) is 10.2 Å². The van der Waals surface area contributed by atoms with E-state index in [0.717, 1.165) is 11.3 Å². The molecule has 5 heteroatoms. The Labute approximate surface area is 97.2 Å². The van der Waals surface area contributed by atoms with E-state index in [1.807, 2.05) is 12.1 Å². The highest BCUT2D eigenvalue weighted by Gasteiger charge is 2.11. The molecule has 0 unspecified atom stereocenters. The molecule has 1 heterocycles. The summed E-state index contributed by atoms with van der Waals surface area (Å²) >= 11 is 5.87. The number of H-pyrrole nitrogens is 1. The largest absolute Gasteiger partial charge is 0.464 e. The minimum absolute atomic E-state index is 0.248. The number of aromatic nitrogens is 2. The van der Waals surface area contributed by atoms with Crippen LogP contribution in [0.25, 0.3) is 11.3 Å². The van der Waals surface area contributed by atoms with Gasteiger partial charge < -0.3 is 4.74 Å². The van der Waals surface area contributed by atoms with Crippen LogP contribution >= 0.6 is 11.6 Å². The lowest BCUT2D eigenvalue weighted by Gasteiger charge is -1.96. The molecule has 1 N–H and O–H groups in total. The number of nitrogens with one attached hydrogen (secondary N) is 1. The van der Waals surface area contributed by atoms with E-state index < -0.39 is 5.97 Å². The quantitative estimate of drug-likeness (QED) is 0.816. The maximum atomic E-state index is 11.2. The number of hydrogen-bond acceptors (Lipinski definition) is 3. The molecule has 0 radical (unpaired) electrons. The monoisotopic (exact) mass is 236 g/mol. The predicted octanol–water partition coefficient (Wildman–Crippen LogP) is 2.52. The highest BCUT2D eigenvalue weighted by molar-refractivity contribution is 6.30. The van der Waals surface area contributed by atoms with E-state index in [0.29, 0.717) is 5.02 Å². The van der Waals surface area contributed by atoms with Crippen LogP contribution in [-0.4, -0.2) is 23.3 Å². The summed E-state index contributed by atoms with van der Waals surface area (Å²) in [6.45, 7) is 0. The summed E-state index contributed by atoms with van der Waals surface area (Å²) in [5, 5.41) is 7.24. The average molecular weight is 237 g/mol. The highest BCUT2D eigenvalue weighted by Crippen LogP contribution is 2.21. The number of carbonyl (C=O) groups excluding carboxylic acids is 1. The van der Waals surface area contributed by atoms with E-state index in [1.54, 1.807) is 18.2 Å². The van der Waals surface area contributed by atoms with Crippen LogP contribution in [-0.2, 0) is 4.74 Å². The van der Waals surface area contributed by atoms with Crippen molar-refractivity contribution in [2.24, 2.45) is 0 Å². The van der Waals surface area contributed by atoms with Gasteiger partial charge in [-0.3, -0.25) is 5.10 Å². The summed E-state index contributed by atoms with van der Waals surface area (Å²) in [6, 6.07) is 8.90. The van der Waals surface area contributed by atoms with Gasteiger partial charge in [-0.05, 0) is 18.2 Å². The molecule has 0 bridgehead atoms. The van der Waals surface area contributed by atoms with Crippen LogP contribution in [0, 0.1) is 0 Å². The molecule has 1 aromatic carbocycles. The van der Waals surface area contributed by atoms with Gasteiger partial charge in [-0.2, -0.15) is 5.10 Å². The second kappa shape index (κ2) is 4.37. The molecule has 1 aromatic heterocycles. The number of nitrogens with zero attached hydrogens (tertiary/aromatic N) is 1. The minimum atomic E-state index is -0.468. The predicted molar refractivity (Wildman–Crippen MR) is 60.4 cm³/mol. The lowest BCUT2D eigenvalue weighted by molar-refractivity contribution is 0.0594. The van der Waals surface area contributed by atoms with Gasteiger partial charge in [0, 0.05) is 10.6 Å². The zero-order valence-electron chi connectivity index (χ0n) is 8.53. The molecule has 0 fully saturated rings. The van der Waals surface area contributed by atoms with Gasteiger partial charge in [0.1, 0.15) is 0 Å². The van der Waals surface area contributed by atoms with Crippen molar-refractivity contribution < 1.29 is 9.53 Å². The van der Waals surface area contributed by atoms with Crippen LogP contribution < -0.4 is 0 Å². The Morgan fingerprint density at radius 2 is 2.25 bits per heavy atom. The molecule has 0 aliphatic rings. The van der Waals surface area contributed by atoms with Crippen molar-refractivity contribution in [1.29, 1.82) is 0 Å². The third kappa shape index (κ3) is 2.06. The van der Waals surface area contributed by atoms with Crippen molar-refractivity contribution in [3.05, 3.63) is 41.0 Å². The van der Waals surface area contributed by atoms with Gasteiger partial charge in [0.15, 0.2) is 5.69 Å². The van der Waals surface area contributed by atoms with Gasteiger partial charge in [-0.1, -0.05) is 23.7 Å². The van der Waals surface area contributed by atoms with Crippen molar-refractivity contribution >= 4 is 17.6 Å². The summed E-state index contributed by atoms with van der Waals surface area (Å²) in [4.78, 5) is 11.2. The summed E-state index contributed by atoms with van der Waals surface area (Å²) in [6.07, 6.45) is 0. The van der Waals surface area contributed by atoms with Crippen LogP contribution in [0.2, 0.25) is 5.02 Å². The summed E-state index contributed by atoms with van der Waals surface area (Å²) in [5.74, 6) is -0.468. The molecule has 82 valence electrons. The number of benzene rings is 1. The van der Waals surface area contributed by atoms with Gasteiger partial charge in [-0.15, -0.1) is 0 Å². The fraction of sp³-hybridized carbons (Fsp3) is 0.0909. The van der Waals surface area contributed by atoms with E-state index in [4.69, 9.17) is 11.6 Å². The molecule has 4 nitrogen and oxygen atoms in total. The lowest BCUT2D eigenvalue weighted by Crippen LogP contribution is -2.00. The number of carbonyl (C=O) groups is 1. The average Bonchev–Trinajstić information content (AvgIpc) is 2.77. The molecule has 0 aliphatic carbocycles. The fourth-order valence-corrected chi connectivity index (χ4v) is 1.53. The molecule has 16 heavy (non-hydrogen) atoms. The maximum Gasteiger partial charge on any atom is 0.358 e. The Morgan fingerprint density at radius 1 is 1.44 bits per heavy atom. The molecule has 0 amide bonds. The molecule has 0 saturated heterocycles. The van der Waals surface area contributed by atoms with Gasteiger partial charge >= 0.3 is 5.97 Å². The number of methoxy groups -OCH3 is 1. The first-order valence-corrected chi connectivity index (χ1v) is 4.98. The van der Waals surface area contributed by atoms with Crippen LogP contribution in [0.5, 0.6) is 0 Å². The Balaban J connectivity index is 2.35. The van der Waals surface area contributed by atoms with Crippen LogP contribution in [0.15, 0.2) is 30.3 Å². The number of ether oxygens (including phenoxy) is 1. The van der Waals surface area contributed by atoms with Crippen LogP contribution in [0.3, 0.4) is 0 Å². The second-order valence-corrected chi connectivity index (χ2v) is 3.61. The molecular weight excluding hydrogens is 228 g/mol. The van der Waals surface area contributed by atoms with Gasteiger partial charge in [-0.25, -0.2) is 4.79 Å². The van der Waals surface area contributed by atoms with E-state index in [2.05, 4.69) is 14.9 Å². The standard InChI is InChI=1S/C11H9ClN2O2/c1-16-11(15)10-6-9(13-14-10)7-3-2-4-8(12)5-7/h2-6H,1H3,(H,13,14). The van der Waals surface area contributed by atoms with Crippen molar-refractivity contribution in [3.63, 3.8) is 0 Å². The summed E-state index contributed by atoms with van der Waals surface area (Å²) < 4.78 is 4.56. The third-order valence-electron chi connectivity index (χ3n) is 2.11. The zero-order valence-corrected chi connectivity index (χ0v) is 9.28. The van der Waals surface area contributed by atoms with Crippen molar-refractivity contribution in [2.45, 2.75) is 0 Å². The first-order valence-electron chi connectivity index (χ1n) is 4.60.